The molecule has 0 aromatic carbocycles. The number of nitrogens with one attached hydrogen (secondary N) is 1. The smallest absolute Gasteiger partial charge is 0.0474 e. The van der Waals surface area contributed by atoms with Crippen molar-refractivity contribution in [1.29, 1.82) is 0 Å². The second-order valence-corrected chi connectivity index (χ2v) is 5.32. The van der Waals surface area contributed by atoms with Gasteiger partial charge in [0.05, 0.1) is 0 Å². The average molecular weight is 236 g/mol. The van der Waals surface area contributed by atoms with Crippen LogP contribution in [-0.2, 0) is 13.6 Å². The molecule has 1 aliphatic carbocycles. The second kappa shape index (κ2) is 5.23. The van der Waals surface area contributed by atoms with Crippen molar-refractivity contribution in [2.24, 2.45) is 13.0 Å². The lowest BCUT2D eigenvalue weighted by Gasteiger charge is -2.19. The van der Waals surface area contributed by atoms with Gasteiger partial charge < -0.3 is 15.0 Å². The minimum absolute atomic E-state index is 0.324. The fourth-order valence-corrected chi connectivity index (χ4v) is 2.88. The molecule has 1 aromatic heterocycles. The molecule has 2 atom stereocenters. The van der Waals surface area contributed by atoms with Gasteiger partial charge in [-0.25, -0.2) is 0 Å². The molecule has 17 heavy (non-hydrogen) atoms. The van der Waals surface area contributed by atoms with E-state index in [1.165, 1.54) is 36.2 Å². The molecule has 96 valence electrons. The Morgan fingerprint density at radius 2 is 2.18 bits per heavy atom. The molecule has 2 unspecified atom stereocenters. The minimum atomic E-state index is 0.324. The molecule has 0 bridgehead atoms. The quantitative estimate of drug-likeness (QED) is 0.837. The van der Waals surface area contributed by atoms with Gasteiger partial charge in [-0.15, -0.1) is 0 Å². The van der Waals surface area contributed by atoms with Crippen molar-refractivity contribution in [2.75, 3.05) is 6.61 Å². The van der Waals surface area contributed by atoms with E-state index >= 15 is 0 Å². The van der Waals surface area contributed by atoms with Gasteiger partial charge in [0, 0.05) is 37.6 Å². The summed E-state index contributed by atoms with van der Waals surface area (Å²) in [5, 5.41) is 12.9. The van der Waals surface area contributed by atoms with E-state index in [2.05, 4.69) is 36.8 Å². The average Bonchev–Trinajstić information content (AvgIpc) is 2.87. The highest BCUT2D eigenvalue weighted by Gasteiger charge is 2.26. The van der Waals surface area contributed by atoms with E-state index in [1.54, 1.807) is 0 Å². The van der Waals surface area contributed by atoms with E-state index in [9.17, 15) is 5.11 Å². The molecule has 1 fully saturated rings. The van der Waals surface area contributed by atoms with Crippen LogP contribution in [0.1, 0.15) is 36.2 Å². The number of aromatic nitrogens is 1. The molecule has 3 heteroatoms. The zero-order valence-electron chi connectivity index (χ0n) is 11.2. The number of rotatable bonds is 4. The van der Waals surface area contributed by atoms with Crippen molar-refractivity contribution >= 4 is 0 Å². The molecular weight excluding hydrogens is 212 g/mol. The number of nitrogens with zero attached hydrogens (tertiary/aromatic N) is 1. The van der Waals surface area contributed by atoms with Crippen LogP contribution in [0.5, 0.6) is 0 Å². The zero-order valence-corrected chi connectivity index (χ0v) is 11.2. The van der Waals surface area contributed by atoms with Crippen molar-refractivity contribution in [1.82, 2.24) is 9.88 Å². The Kier molecular flexibility index (Phi) is 3.89. The van der Waals surface area contributed by atoms with Crippen LogP contribution in [0.25, 0.3) is 0 Å². The largest absolute Gasteiger partial charge is 0.396 e. The van der Waals surface area contributed by atoms with E-state index < -0.39 is 0 Å². The van der Waals surface area contributed by atoms with Gasteiger partial charge in [0.15, 0.2) is 0 Å². The van der Waals surface area contributed by atoms with Gasteiger partial charge in [0.1, 0.15) is 0 Å². The second-order valence-electron chi connectivity index (χ2n) is 5.32. The third-order valence-corrected chi connectivity index (χ3v) is 4.33. The molecule has 0 amide bonds. The summed E-state index contributed by atoms with van der Waals surface area (Å²) < 4.78 is 2.23. The van der Waals surface area contributed by atoms with Crippen molar-refractivity contribution in [2.45, 2.75) is 45.7 Å². The van der Waals surface area contributed by atoms with Crippen LogP contribution in [0.2, 0.25) is 0 Å². The van der Waals surface area contributed by atoms with E-state index in [4.69, 9.17) is 0 Å². The van der Waals surface area contributed by atoms with Crippen LogP contribution in [0, 0.1) is 19.8 Å². The lowest BCUT2D eigenvalue weighted by atomic mass is 10.0. The van der Waals surface area contributed by atoms with Crippen LogP contribution in [0.15, 0.2) is 6.07 Å². The Morgan fingerprint density at radius 3 is 2.76 bits per heavy atom. The van der Waals surface area contributed by atoms with E-state index in [0.717, 1.165) is 6.54 Å². The van der Waals surface area contributed by atoms with Gasteiger partial charge in [0.25, 0.3) is 0 Å². The maximum Gasteiger partial charge on any atom is 0.0474 e. The first-order valence-corrected chi connectivity index (χ1v) is 6.59. The Bertz CT molecular complexity index is 384. The molecule has 1 heterocycles. The van der Waals surface area contributed by atoms with Gasteiger partial charge in [-0.3, -0.25) is 0 Å². The maximum absolute atomic E-state index is 9.29. The molecule has 0 radical (unpaired) electrons. The summed E-state index contributed by atoms with van der Waals surface area (Å²) in [5.41, 5.74) is 4.03. The van der Waals surface area contributed by atoms with Gasteiger partial charge in [-0.2, -0.15) is 0 Å². The highest BCUT2D eigenvalue weighted by atomic mass is 16.3. The number of aliphatic hydroxyl groups excluding tert-OH is 1. The van der Waals surface area contributed by atoms with E-state index in [0.29, 0.717) is 18.6 Å². The number of hydrogen-bond donors (Lipinski definition) is 2. The summed E-state index contributed by atoms with van der Waals surface area (Å²) in [7, 11) is 2.11. The molecule has 2 N–H and O–H groups in total. The molecule has 3 nitrogen and oxygen atoms in total. The molecule has 2 rings (SSSR count). The number of hydrogen-bond acceptors (Lipinski definition) is 2. The highest BCUT2D eigenvalue weighted by Crippen LogP contribution is 2.25. The summed E-state index contributed by atoms with van der Waals surface area (Å²) >= 11 is 0. The van der Waals surface area contributed by atoms with E-state index in [1.807, 2.05) is 0 Å². The summed E-state index contributed by atoms with van der Waals surface area (Å²) in [5.74, 6) is 0.458. The normalized spacial score (nSPS) is 24.5. The van der Waals surface area contributed by atoms with Crippen LogP contribution in [-0.4, -0.2) is 22.3 Å². The molecule has 0 spiro atoms. The van der Waals surface area contributed by atoms with Gasteiger partial charge >= 0.3 is 0 Å². The predicted octanol–water partition coefficient (Wildman–Crippen LogP) is 1.89. The maximum atomic E-state index is 9.29. The first-order chi connectivity index (χ1) is 8.13. The molecule has 1 aliphatic rings. The van der Waals surface area contributed by atoms with Crippen LogP contribution >= 0.6 is 0 Å². The molecule has 1 aromatic rings. The first-order valence-electron chi connectivity index (χ1n) is 6.59. The summed E-state index contributed by atoms with van der Waals surface area (Å²) in [6, 6.07) is 2.76. The Labute approximate surface area is 104 Å². The predicted molar refractivity (Wildman–Crippen MR) is 69.9 cm³/mol. The standard InChI is InChI=1S/C14H24N2O/c1-10-7-13(11(2)16(10)3)8-15-14-6-4-5-12(14)9-17/h7,12,14-15,17H,4-6,8-9H2,1-3H3. The third kappa shape index (κ3) is 2.55. The van der Waals surface area contributed by atoms with Gasteiger partial charge in [0.2, 0.25) is 0 Å². The Morgan fingerprint density at radius 1 is 1.41 bits per heavy atom. The number of aliphatic hydroxyl groups is 1. The molecular formula is C14H24N2O. The zero-order chi connectivity index (χ0) is 12.4. The fourth-order valence-electron chi connectivity index (χ4n) is 2.88. The number of aryl methyl sites for hydroxylation is 1. The Balaban J connectivity index is 1.95. The first kappa shape index (κ1) is 12.7. The summed E-state index contributed by atoms with van der Waals surface area (Å²) in [6.07, 6.45) is 3.62. The lowest BCUT2D eigenvalue weighted by Crippen LogP contribution is -2.33. The SMILES string of the molecule is Cc1cc(CNC2CCCC2CO)c(C)n1C. The van der Waals surface area contributed by atoms with Crippen molar-refractivity contribution in [3.8, 4) is 0 Å². The topological polar surface area (TPSA) is 37.2 Å². The highest BCUT2D eigenvalue weighted by molar-refractivity contribution is 5.26. The molecule has 0 aliphatic heterocycles. The summed E-state index contributed by atoms with van der Waals surface area (Å²) in [4.78, 5) is 0. The van der Waals surface area contributed by atoms with Crippen LogP contribution < -0.4 is 5.32 Å². The van der Waals surface area contributed by atoms with Gasteiger partial charge in [-0.05, 0) is 44.2 Å². The monoisotopic (exact) mass is 236 g/mol. The molecule has 0 saturated heterocycles. The van der Waals surface area contributed by atoms with Crippen molar-refractivity contribution in [3.63, 3.8) is 0 Å². The van der Waals surface area contributed by atoms with Gasteiger partial charge in [-0.1, -0.05) is 6.42 Å². The van der Waals surface area contributed by atoms with E-state index in [-0.39, 0.29) is 0 Å². The minimum Gasteiger partial charge on any atom is -0.396 e. The molecule has 1 saturated carbocycles. The Hall–Kier alpha value is -0.800. The van der Waals surface area contributed by atoms with Crippen LogP contribution in [0.4, 0.5) is 0 Å². The summed E-state index contributed by atoms with van der Waals surface area (Å²) in [6.45, 7) is 5.56. The van der Waals surface area contributed by atoms with Crippen molar-refractivity contribution < 1.29 is 5.11 Å². The third-order valence-electron chi connectivity index (χ3n) is 4.33. The lowest BCUT2D eigenvalue weighted by molar-refractivity contribution is 0.205. The van der Waals surface area contributed by atoms with Crippen LogP contribution in [0.3, 0.4) is 0 Å². The fraction of sp³-hybridized carbons (Fsp3) is 0.714. The van der Waals surface area contributed by atoms with Crippen molar-refractivity contribution in [3.05, 3.63) is 23.0 Å².